The number of carbonyl (C=O) groups excluding carboxylic acids is 1. The Kier molecular flexibility index (Phi) is 2.28. The average molecular weight is 230 g/mol. The van der Waals surface area contributed by atoms with Gasteiger partial charge < -0.3 is 15.0 Å². The Morgan fingerprint density at radius 3 is 2.94 bits per heavy atom. The Balaban J connectivity index is 1.98. The van der Waals surface area contributed by atoms with Crippen LogP contribution in [0.25, 0.3) is 10.9 Å². The number of benzene rings is 1. The Labute approximate surface area is 99.0 Å². The number of carbonyl (C=O) groups is 1. The Hall–Kier alpha value is -1.97. The van der Waals surface area contributed by atoms with E-state index in [-0.39, 0.29) is 11.8 Å². The smallest absolute Gasteiger partial charge is 0.220 e. The van der Waals surface area contributed by atoms with Crippen molar-refractivity contribution in [2.45, 2.75) is 12.3 Å². The van der Waals surface area contributed by atoms with Crippen molar-refractivity contribution in [2.75, 3.05) is 13.7 Å². The summed E-state index contributed by atoms with van der Waals surface area (Å²) in [6.45, 7) is 0.725. The monoisotopic (exact) mass is 230 g/mol. The zero-order valence-corrected chi connectivity index (χ0v) is 9.62. The number of aromatic nitrogens is 1. The topological polar surface area (TPSA) is 54.1 Å². The van der Waals surface area contributed by atoms with Crippen LogP contribution in [-0.2, 0) is 4.79 Å². The molecule has 4 nitrogen and oxygen atoms in total. The molecule has 1 saturated heterocycles. The lowest BCUT2D eigenvalue weighted by atomic mass is 10.1. The van der Waals surface area contributed by atoms with Gasteiger partial charge in [0.2, 0.25) is 5.91 Å². The van der Waals surface area contributed by atoms with Crippen LogP contribution < -0.4 is 10.1 Å². The highest BCUT2D eigenvalue weighted by Gasteiger charge is 2.24. The summed E-state index contributed by atoms with van der Waals surface area (Å²) in [4.78, 5) is 14.6. The number of nitrogens with one attached hydrogen (secondary N) is 2. The predicted octanol–water partition coefficient (Wildman–Crippen LogP) is 1.78. The number of hydrogen-bond acceptors (Lipinski definition) is 2. The van der Waals surface area contributed by atoms with Gasteiger partial charge in [-0.3, -0.25) is 4.79 Å². The van der Waals surface area contributed by atoms with Crippen LogP contribution in [0.3, 0.4) is 0 Å². The van der Waals surface area contributed by atoms with E-state index in [1.54, 1.807) is 7.11 Å². The van der Waals surface area contributed by atoms with E-state index in [0.717, 1.165) is 28.9 Å². The lowest BCUT2D eigenvalue weighted by molar-refractivity contribution is -0.119. The summed E-state index contributed by atoms with van der Waals surface area (Å²) in [5, 5.41) is 4.00. The van der Waals surface area contributed by atoms with Gasteiger partial charge in [0, 0.05) is 36.2 Å². The first kappa shape index (κ1) is 10.2. The van der Waals surface area contributed by atoms with Crippen molar-refractivity contribution in [1.29, 1.82) is 0 Å². The predicted molar refractivity (Wildman–Crippen MR) is 65.2 cm³/mol. The molecule has 0 bridgehead atoms. The molecule has 2 heterocycles. The number of aromatic amines is 1. The Bertz CT molecular complexity index is 574. The quantitative estimate of drug-likeness (QED) is 0.826. The van der Waals surface area contributed by atoms with Crippen LogP contribution >= 0.6 is 0 Å². The van der Waals surface area contributed by atoms with Crippen molar-refractivity contribution in [1.82, 2.24) is 10.3 Å². The number of ether oxygens (including phenoxy) is 1. The molecule has 88 valence electrons. The molecule has 0 aliphatic carbocycles. The Morgan fingerprint density at radius 1 is 1.35 bits per heavy atom. The fourth-order valence-corrected chi connectivity index (χ4v) is 2.30. The maximum absolute atomic E-state index is 11.2. The highest BCUT2D eigenvalue weighted by Crippen LogP contribution is 2.27. The number of rotatable bonds is 2. The normalized spacial score (nSPS) is 19.6. The minimum absolute atomic E-state index is 0.131. The molecule has 1 aromatic carbocycles. The molecule has 0 spiro atoms. The zero-order valence-electron chi connectivity index (χ0n) is 9.62. The molecule has 1 unspecified atom stereocenters. The van der Waals surface area contributed by atoms with E-state index in [4.69, 9.17) is 4.74 Å². The van der Waals surface area contributed by atoms with Crippen LogP contribution in [0, 0.1) is 0 Å². The van der Waals surface area contributed by atoms with E-state index < -0.39 is 0 Å². The summed E-state index contributed by atoms with van der Waals surface area (Å²) >= 11 is 0. The van der Waals surface area contributed by atoms with Crippen LogP contribution in [-0.4, -0.2) is 24.5 Å². The molecule has 2 N–H and O–H groups in total. The highest BCUT2D eigenvalue weighted by atomic mass is 16.5. The second kappa shape index (κ2) is 3.80. The standard InChI is InChI=1S/C13H14N2O2/c1-17-10-3-2-8-4-11(15-12(8)6-10)9-5-13(16)14-7-9/h2-4,6,9,15H,5,7H2,1H3,(H,14,16). The van der Waals surface area contributed by atoms with Gasteiger partial charge in [-0.15, -0.1) is 0 Å². The number of fused-ring (bicyclic) bond motifs is 1. The minimum Gasteiger partial charge on any atom is -0.497 e. The summed E-state index contributed by atoms with van der Waals surface area (Å²) in [6.07, 6.45) is 0.573. The highest BCUT2D eigenvalue weighted by molar-refractivity contribution is 5.83. The maximum Gasteiger partial charge on any atom is 0.220 e. The molecule has 2 aromatic rings. The third-order valence-electron chi connectivity index (χ3n) is 3.27. The van der Waals surface area contributed by atoms with Gasteiger partial charge in [-0.05, 0) is 23.6 Å². The van der Waals surface area contributed by atoms with Gasteiger partial charge in [0.15, 0.2) is 0 Å². The first-order valence-electron chi connectivity index (χ1n) is 5.69. The molecule has 1 amide bonds. The van der Waals surface area contributed by atoms with Crippen LogP contribution in [0.1, 0.15) is 18.0 Å². The summed E-state index contributed by atoms with van der Waals surface area (Å²) in [6, 6.07) is 8.05. The van der Waals surface area contributed by atoms with E-state index in [1.807, 2.05) is 18.2 Å². The molecule has 17 heavy (non-hydrogen) atoms. The molecule has 1 aliphatic heterocycles. The first-order chi connectivity index (χ1) is 8.26. The third kappa shape index (κ3) is 1.75. The maximum atomic E-state index is 11.2. The van der Waals surface area contributed by atoms with Gasteiger partial charge >= 0.3 is 0 Å². The van der Waals surface area contributed by atoms with E-state index in [0.29, 0.717) is 6.42 Å². The lowest BCUT2D eigenvalue weighted by Gasteiger charge is -2.02. The number of methoxy groups -OCH3 is 1. The van der Waals surface area contributed by atoms with Crippen molar-refractivity contribution in [2.24, 2.45) is 0 Å². The summed E-state index contributed by atoms with van der Waals surface area (Å²) in [5.41, 5.74) is 2.17. The first-order valence-corrected chi connectivity index (χ1v) is 5.69. The van der Waals surface area contributed by atoms with Crippen molar-refractivity contribution < 1.29 is 9.53 Å². The number of amides is 1. The molecule has 1 aliphatic rings. The third-order valence-corrected chi connectivity index (χ3v) is 3.27. The number of H-pyrrole nitrogens is 1. The van der Waals surface area contributed by atoms with Gasteiger partial charge in [-0.25, -0.2) is 0 Å². The van der Waals surface area contributed by atoms with Crippen molar-refractivity contribution in [3.63, 3.8) is 0 Å². The largest absolute Gasteiger partial charge is 0.497 e. The van der Waals surface area contributed by atoms with Crippen molar-refractivity contribution in [3.05, 3.63) is 30.0 Å². The van der Waals surface area contributed by atoms with E-state index in [1.165, 1.54) is 0 Å². The van der Waals surface area contributed by atoms with Crippen LogP contribution in [0.5, 0.6) is 5.75 Å². The molecule has 4 heteroatoms. The van der Waals surface area contributed by atoms with Crippen molar-refractivity contribution in [3.8, 4) is 5.75 Å². The molecule has 1 fully saturated rings. The fraction of sp³-hybridized carbons (Fsp3) is 0.308. The molecule has 3 rings (SSSR count). The van der Waals surface area contributed by atoms with Crippen LogP contribution in [0.2, 0.25) is 0 Å². The van der Waals surface area contributed by atoms with Gasteiger partial charge in [0.25, 0.3) is 0 Å². The van der Waals surface area contributed by atoms with Gasteiger partial charge in [0.1, 0.15) is 5.75 Å². The minimum atomic E-state index is 0.131. The van der Waals surface area contributed by atoms with E-state index >= 15 is 0 Å². The second-order valence-electron chi connectivity index (χ2n) is 4.38. The van der Waals surface area contributed by atoms with Crippen LogP contribution in [0.4, 0.5) is 0 Å². The molecule has 0 saturated carbocycles. The molecular formula is C13H14N2O2. The van der Waals surface area contributed by atoms with Crippen molar-refractivity contribution >= 4 is 16.8 Å². The molecular weight excluding hydrogens is 216 g/mol. The van der Waals surface area contributed by atoms with Gasteiger partial charge in [0.05, 0.1) is 7.11 Å². The summed E-state index contributed by atoms with van der Waals surface area (Å²) in [5.74, 6) is 1.23. The SMILES string of the molecule is COc1ccc2cc(C3CNC(=O)C3)[nH]c2c1. The second-order valence-corrected chi connectivity index (χ2v) is 4.38. The molecule has 1 aromatic heterocycles. The number of hydrogen-bond donors (Lipinski definition) is 2. The molecule has 1 atom stereocenters. The van der Waals surface area contributed by atoms with E-state index in [9.17, 15) is 4.79 Å². The summed E-state index contributed by atoms with van der Waals surface area (Å²) in [7, 11) is 1.66. The summed E-state index contributed by atoms with van der Waals surface area (Å²) < 4.78 is 5.19. The lowest BCUT2D eigenvalue weighted by Crippen LogP contribution is -2.13. The average Bonchev–Trinajstić information content (AvgIpc) is 2.93. The van der Waals surface area contributed by atoms with Gasteiger partial charge in [-0.1, -0.05) is 0 Å². The Morgan fingerprint density at radius 2 is 2.24 bits per heavy atom. The van der Waals surface area contributed by atoms with Gasteiger partial charge in [-0.2, -0.15) is 0 Å². The van der Waals surface area contributed by atoms with Crippen LogP contribution in [0.15, 0.2) is 24.3 Å². The zero-order chi connectivity index (χ0) is 11.8. The molecule has 0 radical (unpaired) electrons. The fourth-order valence-electron chi connectivity index (χ4n) is 2.30. The van der Waals surface area contributed by atoms with E-state index in [2.05, 4.69) is 16.4 Å².